The Morgan fingerprint density at radius 2 is 2.18 bits per heavy atom. The van der Waals surface area contributed by atoms with Gasteiger partial charge in [-0.15, -0.1) is 0 Å². The van der Waals surface area contributed by atoms with E-state index in [9.17, 15) is 9.59 Å². The number of hydrogen-bond donors (Lipinski definition) is 1. The smallest absolute Gasteiger partial charge is 0.335 e. The summed E-state index contributed by atoms with van der Waals surface area (Å²) in [4.78, 5) is 26.6. The van der Waals surface area contributed by atoms with Crippen LogP contribution in [0.5, 0.6) is 0 Å². The number of hydrogen-bond acceptors (Lipinski definition) is 3. The number of amides is 2. The summed E-state index contributed by atoms with van der Waals surface area (Å²) in [6.07, 6.45) is 4.33. The zero-order chi connectivity index (χ0) is 16.1. The Balaban J connectivity index is 2.16. The summed E-state index contributed by atoms with van der Waals surface area (Å²) in [5, 5.41) is 9.07. The van der Waals surface area contributed by atoms with Crippen LogP contribution in [0.4, 0.5) is 4.79 Å². The summed E-state index contributed by atoms with van der Waals surface area (Å²) in [5.74, 6) is -1.01. The van der Waals surface area contributed by atoms with E-state index in [1.54, 1.807) is 30.3 Å². The molecule has 0 spiro atoms. The van der Waals surface area contributed by atoms with Gasteiger partial charge in [0.2, 0.25) is 6.23 Å². The highest BCUT2D eigenvalue weighted by molar-refractivity contribution is 5.87. The maximum absolute atomic E-state index is 12.5. The third-order valence-electron chi connectivity index (χ3n) is 3.49. The van der Waals surface area contributed by atoms with Crippen molar-refractivity contribution in [3.8, 4) is 0 Å². The normalized spacial score (nSPS) is 16.5. The minimum atomic E-state index is -1.01. The van der Waals surface area contributed by atoms with Crippen LogP contribution in [0.25, 0.3) is 0 Å². The van der Waals surface area contributed by atoms with Crippen LogP contribution in [0, 0.1) is 0 Å². The topological polar surface area (TPSA) is 70.1 Å². The number of rotatable bonds is 5. The predicted octanol–water partition coefficient (Wildman–Crippen LogP) is 3.04. The van der Waals surface area contributed by atoms with Gasteiger partial charge < -0.3 is 14.7 Å². The maximum Gasteiger partial charge on any atom is 0.335 e. The van der Waals surface area contributed by atoms with Gasteiger partial charge in [0.15, 0.2) is 0 Å². The van der Waals surface area contributed by atoms with Gasteiger partial charge in [-0.1, -0.05) is 25.5 Å². The van der Waals surface area contributed by atoms with Crippen LogP contribution < -0.4 is 0 Å². The molecule has 0 bridgehead atoms. The number of unbranched alkanes of at least 4 members (excludes halogenated alkanes) is 1. The van der Waals surface area contributed by atoms with Gasteiger partial charge in [-0.05, 0) is 18.6 Å². The number of nitrogens with zero attached hydrogens (tertiary/aromatic N) is 2. The largest absolute Gasteiger partial charge is 0.478 e. The summed E-state index contributed by atoms with van der Waals surface area (Å²) in [5.41, 5.74) is 0.793. The van der Waals surface area contributed by atoms with Crippen molar-refractivity contribution in [1.29, 1.82) is 0 Å². The molecule has 6 nitrogen and oxygen atoms in total. The van der Waals surface area contributed by atoms with Gasteiger partial charge in [-0.2, -0.15) is 0 Å². The lowest BCUT2D eigenvalue weighted by Gasteiger charge is -2.27. The lowest BCUT2D eigenvalue weighted by Crippen LogP contribution is -2.39. The molecule has 0 aromatic heterocycles. The molecule has 1 heterocycles. The van der Waals surface area contributed by atoms with Crippen molar-refractivity contribution in [2.24, 2.45) is 0 Å². The van der Waals surface area contributed by atoms with Gasteiger partial charge in [0, 0.05) is 25.4 Å². The predicted molar refractivity (Wildman–Crippen MR) is 81.1 cm³/mol. The van der Waals surface area contributed by atoms with Gasteiger partial charge in [0.1, 0.15) is 6.26 Å². The summed E-state index contributed by atoms with van der Waals surface area (Å²) in [6.45, 7) is 2.74. The van der Waals surface area contributed by atoms with E-state index >= 15 is 0 Å². The third-order valence-corrected chi connectivity index (χ3v) is 3.49. The van der Waals surface area contributed by atoms with Crippen LogP contribution >= 0.6 is 0 Å². The summed E-state index contributed by atoms with van der Waals surface area (Å²) in [7, 11) is 1.74. The van der Waals surface area contributed by atoms with E-state index in [2.05, 4.69) is 6.92 Å². The lowest BCUT2D eigenvalue weighted by molar-refractivity contribution is 0.0629. The van der Waals surface area contributed by atoms with Crippen molar-refractivity contribution >= 4 is 12.0 Å². The number of carboxylic acid groups (broad SMARTS) is 1. The average molecular weight is 304 g/mol. The van der Waals surface area contributed by atoms with Gasteiger partial charge in [0.25, 0.3) is 0 Å². The van der Waals surface area contributed by atoms with Crippen LogP contribution in [0.3, 0.4) is 0 Å². The molecule has 1 N–H and O–H groups in total. The third kappa shape index (κ3) is 3.39. The van der Waals surface area contributed by atoms with E-state index in [1.807, 2.05) is 0 Å². The van der Waals surface area contributed by atoms with Crippen molar-refractivity contribution < 1.29 is 19.4 Å². The fourth-order valence-corrected chi connectivity index (χ4v) is 2.24. The van der Waals surface area contributed by atoms with Gasteiger partial charge >= 0.3 is 12.0 Å². The molecule has 0 saturated carbocycles. The standard InChI is InChI=1S/C16H20N2O4/c1-3-4-8-17(2)16(21)18-9-10-22-14(18)12-6-5-7-13(11-12)15(19)20/h5-7,9-11,14H,3-4,8H2,1-2H3,(H,19,20). The summed E-state index contributed by atoms with van der Waals surface area (Å²) in [6, 6.07) is 6.24. The summed E-state index contributed by atoms with van der Waals surface area (Å²) >= 11 is 0. The number of urea groups is 1. The molecule has 0 radical (unpaired) electrons. The van der Waals surface area contributed by atoms with Crippen LogP contribution in [0.2, 0.25) is 0 Å². The molecule has 1 aliphatic rings. The molecule has 1 aromatic rings. The van der Waals surface area contributed by atoms with Crippen molar-refractivity contribution in [3.05, 3.63) is 47.9 Å². The molecule has 0 saturated heterocycles. The second-order valence-electron chi connectivity index (χ2n) is 5.17. The SMILES string of the molecule is CCCCN(C)C(=O)N1C=COC1c1cccc(C(=O)O)c1. The Morgan fingerprint density at radius 3 is 2.86 bits per heavy atom. The first-order valence-corrected chi connectivity index (χ1v) is 7.23. The molecule has 6 heteroatoms. The number of benzene rings is 1. The van der Waals surface area contributed by atoms with Crippen molar-refractivity contribution in [2.45, 2.75) is 26.0 Å². The van der Waals surface area contributed by atoms with E-state index in [-0.39, 0.29) is 11.6 Å². The summed E-state index contributed by atoms with van der Waals surface area (Å²) < 4.78 is 5.47. The zero-order valence-corrected chi connectivity index (χ0v) is 12.7. The van der Waals surface area contributed by atoms with Crippen molar-refractivity contribution in [3.63, 3.8) is 0 Å². The number of aromatic carboxylic acids is 1. The van der Waals surface area contributed by atoms with Crippen LogP contribution in [0.15, 0.2) is 36.7 Å². The minimum Gasteiger partial charge on any atom is -0.478 e. The van der Waals surface area contributed by atoms with Gasteiger partial charge in [-0.25, -0.2) is 9.59 Å². The Kier molecular flexibility index (Phi) is 5.04. The molecule has 0 aliphatic carbocycles. The first kappa shape index (κ1) is 15.9. The van der Waals surface area contributed by atoms with E-state index in [0.29, 0.717) is 12.1 Å². The van der Waals surface area contributed by atoms with Gasteiger partial charge in [-0.3, -0.25) is 4.90 Å². The van der Waals surface area contributed by atoms with Crippen LogP contribution in [-0.2, 0) is 4.74 Å². The molecule has 22 heavy (non-hydrogen) atoms. The number of carbonyl (C=O) groups is 2. The van der Waals surface area contributed by atoms with Crippen LogP contribution in [0.1, 0.15) is 41.9 Å². The Labute approximate surface area is 129 Å². The first-order chi connectivity index (χ1) is 10.5. The maximum atomic E-state index is 12.5. The molecular formula is C16H20N2O4. The number of carboxylic acids is 1. The van der Waals surface area contributed by atoms with E-state index in [0.717, 1.165) is 12.8 Å². The van der Waals surface area contributed by atoms with E-state index < -0.39 is 12.2 Å². The highest BCUT2D eigenvalue weighted by Gasteiger charge is 2.30. The quantitative estimate of drug-likeness (QED) is 0.907. The highest BCUT2D eigenvalue weighted by Crippen LogP contribution is 2.29. The molecule has 0 fully saturated rings. The Hall–Kier alpha value is -2.50. The number of ether oxygens (including phenoxy) is 1. The van der Waals surface area contributed by atoms with Crippen LogP contribution in [-0.4, -0.2) is 40.5 Å². The zero-order valence-electron chi connectivity index (χ0n) is 12.7. The molecule has 118 valence electrons. The van der Waals surface area contributed by atoms with E-state index in [4.69, 9.17) is 9.84 Å². The molecular weight excluding hydrogens is 284 g/mol. The molecule has 1 unspecified atom stereocenters. The molecule has 1 aromatic carbocycles. The fourth-order valence-electron chi connectivity index (χ4n) is 2.24. The lowest BCUT2D eigenvalue weighted by atomic mass is 10.1. The molecule has 2 rings (SSSR count). The average Bonchev–Trinajstić information content (AvgIpc) is 3.01. The highest BCUT2D eigenvalue weighted by atomic mass is 16.5. The Morgan fingerprint density at radius 1 is 1.41 bits per heavy atom. The fraction of sp³-hybridized carbons (Fsp3) is 0.375. The molecule has 2 amide bonds. The second-order valence-corrected chi connectivity index (χ2v) is 5.17. The second kappa shape index (κ2) is 6.98. The van der Waals surface area contributed by atoms with Crippen molar-refractivity contribution in [2.75, 3.05) is 13.6 Å². The van der Waals surface area contributed by atoms with Crippen molar-refractivity contribution in [1.82, 2.24) is 9.80 Å². The van der Waals surface area contributed by atoms with Gasteiger partial charge in [0.05, 0.1) is 5.56 Å². The molecule has 1 atom stereocenters. The monoisotopic (exact) mass is 304 g/mol. The minimum absolute atomic E-state index is 0.166. The van der Waals surface area contributed by atoms with E-state index in [1.165, 1.54) is 23.3 Å². The number of carbonyl (C=O) groups excluding carboxylic acids is 1. The Bertz CT molecular complexity index is 585. The molecule has 1 aliphatic heterocycles. The first-order valence-electron chi connectivity index (χ1n) is 7.23.